The zero-order chi connectivity index (χ0) is 28.1. The normalized spacial score (nSPS) is 15.8. The molecule has 1 aromatic heterocycles. The highest BCUT2D eigenvalue weighted by molar-refractivity contribution is 6.05. The molecule has 1 atom stereocenters. The monoisotopic (exact) mass is 540 g/mol. The van der Waals surface area contributed by atoms with Crippen molar-refractivity contribution in [1.29, 1.82) is 0 Å². The SMILES string of the molecule is COc1cccc(COC2CN(CCc3ccccc3)C(=O)CN(C(=O)c3nn(C)c(=O)c4ccccc34)C2)c1. The Bertz CT molecular complexity index is 1570. The molecule has 5 rings (SSSR count). The van der Waals surface area contributed by atoms with Crippen LogP contribution in [0.4, 0.5) is 0 Å². The molecule has 40 heavy (non-hydrogen) atoms. The Morgan fingerprint density at radius 3 is 2.42 bits per heavy atom. The van der Waals surface area contributed by atoms with Crippen LogP contribution in [0.1, 0.15) is 21.6 Å². The van der Waals surface area contributed by atoms with Crippen molar-refractivity contribution >= 4 is 22.6 Å². The molecule has 0 spiro atoms. The van der Waals surface area contributed by atoms with E-state index >= 15 is 0 Å². The number of aryl methyl sites for hydroxylation is 1. The first-order valence-corrected chi connectivity index (χ1v) is 13.2. The molecule has 9 nitrogen and oxygen atoms in total. The minimum absolute atomic E-state index is 0.106. The molecule has 1 aliphatic rings. The van der Waals surface area contributed by atoms with Crippen molar-refractivity contribution in [3.05, 3.63) is 106 Å². The van der Waals surface area contributed by atoms with Crippen LogP contribution < -0.4 is 10.3 Å². The molecule has 2 amide bonds. The highest BCUT2D eigenvalue weighted by Crippen LogP contribution is 2.19. The van der Waals surface area contributed by atoms with Crippen LogP contribution in [0, 0.1) is 0 Å². The largest absolute Gasteiger partial charge is 0.497 e. The van der Waals surface area contributed by atoms with E-state index in [-0.39, 0.29) is 30.2 Å². The molecule has 0 saturated carbocycles. The summed E-state index contributed by atoms with van der Waals surface area (Å²) in [7, 11) is 3.13. The first-order valence-electron chi connectivity index (χ1n) is 13.2. The number of amides is 2. The Balaban J connectivity index is 1.41. The Labute approximate surface area is 232 Å². The van der Waals surface area contributed by atoms with Crippen molar-refractivity contribution in [2.24, 2.45) is 7.05 Å². The van der Waals surface area contributed by atoms with E-state index in [1.165, 1.54) is 11.9 Å². The van der Waals surface area contributed by atoms with E-state index in [2.05, 4.69) is 5.10 Å². The molecule has 1 aliphatic heterocycles. The average molecular weight is 541 g/mol. The van der Waals surface area contributed by atoms with Crippen molar-refractivity contribution in [2.45, 2.75) is 19.1 Å². The van der Waals surface area contributed by atoms with E-state index < -0.39 is 12.0 Å². The lowest BCUT2D eigenvalue weighted by Crippen LogP contribution is -2.41. The van der Waals surface area contributed by atoms with E-state index in [0.717, 1.165) is 21.6 Å². The number of fused-ring (bicyclic) bond motifs is 1. The minimum Gasteiger partial charge on any atom is -0.497 e. The Kier molecular flexibility index (Phi) is 8.21. The molecule has 2 heterocycles. The van der Waals surface area contributed by atoms with Crippen LogP contribution in [-0.2, 0) is 29.6 Å². The van der Waals surface area contributed by atoms with Gasteiger partial charge in [-0.05, 0) is 35.7 Å². The number of carbonyl (C=O) groups is 2. The van der Waals surface area contributed by atoms with Gasteiger partial charge >= 0.3 is 0 Å². The lowest BCUT2D eigenvalue weighted by molar-refractivity contribution is -0.131. The van der Waals surface area contributed by atoms with Crippen molar-refractivity contribution < 1.29 is 19.1 Å². The average Bonchev–Trinajstić information content (AvgIpc) is 3.15. The minimum atomic E-state index is -0.434. The maximum absolute atomic E-state index is 13.9. The second-order valence-corrected chi connectivity index (χ2v) is 9.87. The van der Waals surface area contributed by atoms with Gasteiger partial charge < -0.3 is 19.3 Å². The number of rotatable bonds is 8. The number of nitrogens with zero attached hydrogens (tertiary/aromatic N) is 4. The summed E-state index contributed by atoms with van der Waals surface area (Å²) in [6.07, 6.45) is 0.256. The van der Waals surface area contributed by atoms with Gasteiger partial charge in [-0.3, -0.25) is 14.4 Å². The molecule has 1 fully saturated rings. The zero-order valence-corrected chi connectivity index (χ0v) is 22.7. The molecule has 0 radical (unpaired) electrons. The molecule has 206 valence electrons. The lowest BCUT2D eigenvalue weighted by atomic mass is 10.1. The molecule has 0 aliphatic carbocycles. The molecule has 1 saturated heterocycles. The predicted octanol–water partition coefficient (Wildman–Crippen LogP) is 3.05. The van der Waals surface area contributed by atoms with Crippen LogP contribution in [-0.4, -0.2) is 70.8 Å². The summed E-state index contributed by atoms with van der Waals surface area (Å²) in [6, 6.07) is 24.5. The zero-order valence-electron chi connectivity index (χ0n) is 22.7. The Morgan fingerprint density at radius 2 is 1.65 bits per heavy atom. The summed E-state index contributed by atoms with van der Waals surface area (Å²) in [5, 5.41) is 5.16. The summed E-state index contributed by atoms with van der Waals surface area (Å²) < 4.78 is 12.8. The number of methoxy groups -OCH3 is 1. The van der Waals surface area contributed by atoms with Crippen LogP contribution in [0.2, 0.25) is 0 Å². The Hall–Kier alpha value is -4.50. The summed E-state index contributed by atoms with van der Waals surface area (Å²) >= 11 is 0. The molecule has 0 bridgehead atoms. The van der Waals surface area contributed by atoms with E-state index in [0.29, 0.717) is 36.9 Å². The summed E-state index contributed by atoms with van der Waals surface area (Å²) in [5.41, 5.74) is 1.90. The fraction of sp³-hybridized carbons (Fsp3) is 0.290. The number of benzene rings is 3. The van der Waals surface area contributed by atoms with Crippen LogP contribution in [0.15, 0.2) is 83.7 Å². The summed E-state index contributed by atoms with van der Waals surface area (Å²) in [6.45, 7) is 1.25. The van der Waals surface area contributed by atoms with E-state index in [9.17, 15) is 14.4 Å². The molecule has 9 heteroatoms. The molecule has 3 aromatic carbocycles. The van der Waals surface area contributed by atoms with Crippen LogP contribution in [0.3, 0.4) is 0 Å². The summed E-state index contributed by atoms with van der Waals surface area (Å²) in [4.78, 5) is 43.2. The third kappa shape index (κ3) is 6.05. The number of hydrogen-bond donors (Lipinski definition) is 0. The third-order valence-electron chi connectivity index (χ3n) is 7.11. The van der Waals surface area contributed by atoms with Gasteiger partial charge in [-0.25, -0.2) is 4.68 Å². The second-order valence-electron chi connectivity index (χ2n) is 9.87. The van der Waals surface area contributed by atoms with Gasteiger partial charge in [0.15, 0.2) is 5.69 Å². The first kappa shape index (κ1) is 27.1. The Morgan fingerprint density at radius 1 is 0.925 bits per heavy atom. The van der Waals surface area contributed by atoms with Gasteiger partial charge in [-0.1, -0.05) is 60.7 Å². The van der Waals surface area contributed by atoms with E-state index in [4.69, 9.17) is 9.47 Å². The molecule has 4 aromatic rings. The third-order valence-corrected chi connectivity index (χ3v) is 7.11. The highest BCUT2D eigenvalue weighted by Gasteiger charge is 2.33. The van der Waals surface area contributed by atoms with Crippen molar-refractivity contribution in [3.8, 4) is 5.75 Å². The van der Waals surface area contributed by atoms with Crippen LogP contribution in [0.25, 0.3) is 10.8 Å². The fourth-order valence-electron chi connectivity index (χ4n) is 4.95. The van der Waals surface area contributed by atoms with E-state index in [1.54, 1.807) is 36.3 Å². The fourth-order valence-corrected chi connectivity index (χ4v) is 4.95. The quantitative estimate of drug-likeness (QED) is 0.341. The van der Waals surface area contributed by atoms with Crippen molar-refractivity contribution in [2.75, 3.05) is 33.3 Å². The van der Waals surface area contributed by atoms with Gasteiger partial charge in [0.1, 0.15) is 12.3 Å². The smallest absolute Gasteiger partial charge is 0.275 e. The molecular formula is C31H32N4O5. The maximum Gasteiger partial charge on any atom is 0.275 e. The number of hydrogen-bond acceptors (Lipinski definition) is 6. The van der Waals surface area contributed by atoms with E-state index in [1.807, 2.05) is 54.6 Å². The van der Waals surface area contributed by atoms with Gasteiger partial charge in [0.25, 0.3) is 11.5 Å². The maximum atomic E-state index is 13.9. The molecular weight excluding hydrogens is 508 g/mol. The van der Waals surface area contributed by atoms with Crippen molar-refractivity contribution in [3.63, 3.8) is 0 Å². The first-order chi connectivity index (χ1) is 19.4. The summed E-state index contributed by atoms with van der Waals surface area (Å²) in [5.74, 6) is 0.150. The molecule has 0 N–H and O–H groups in total. The number of carbonyl (C=O) groups excluding carboxylic acids is 2. The van der Waals surface area contributed by atoms with Crippen LogP contribution in [0.5, 0.6) is 5.75 Å². The lowest BCUT2D eigenvalue weighted by Gasteiger charge is -2.25. The van der Waals surface area contributed by atoms with Gasteiger partial charge in [-0.15, -0.1) is 0 Å². The topological polar surface area (TPSA) is 94.0 Å². The van der Waals surface area contributed by atoms with Crippen LogP contribution >= 0.6 is 0 Å². The number of aromatic nitrogens is 2. The van der Waals surface area contributed by atoms with Gasteiger partial charge in [0.2, 0.25) is 5.91 Å². The second kappa shape index (κ2) is 12.1. The van der Waals surface area contributed by atoms with Gasteiger partial charge in [0, 0.05) is 32.1 Å². The number of ether oxygens (including phenoxy) is 2. The van der Waals surface area contributed by atoms with Gasteiger partial charge in [0.05, 0.1) is 25.2 Å². The molecule has 1 unspecified atom stereocenters. The van der Waals surface area contributed by atoms with Gasteiger partial charge in [-0.2, -0.15) is 5.10 Å². The standard InChI is InChI=1S/C31H32N4O5/c1-33-30(37)27-14-7-6-13-26(27)29(32-33)31(38)35-19-25(40-21-23-11-8-12-24(17-23)39-2)18-34(28(36)20-35)16-15-22-9-4-3-5-10-22/h3-14,17,25H,15-16,18-21H2,1-2H3. The highest BCUT2D eigenvalue weighted by atomic mass is 16.5. The predicted molar refractivity (Wildman–Crippen MR) is 151 cm³/mol. The van der Waals surface area contributed by atoms with Crippen molar-refractivity contribution in [1.82, 2.24) is 19.6 Å².